The molecule has 0 unspecified atom stereocenters. The summed E-state index contributed by atoms with van der Waals surface area (Å²) in [6, 6.07) is 15.9. The molecule has 1 aromatic heterocycles. The molecule has 2 N–H and O–H groups in total. The summed E-state index contributed by atoms with van der Waals surface area (Å²) in [5.41, 5.74) is 9.69. The normalized spacial score (nSPS) is 10.6. The van der Waals surface area contributed by atoms with Crippen molar-refractivity contribution in [3.05, 3.63) is 54.7 Å². The molecule has 21 heavy (non-hydrogen) atoms. The molecule has 0 bridgehead atoms. The van der Waals surface area contributed by atoms with Crippen molar-refractivity contribution in [1.29, 1.82) is 0 Å². The number of benzene rings is 2. The molecule has 0 saturated carbocycles. The summed E-state index contributed by atoms with van der Waals surface area (Å²) in [5.74, 6) is 0.687. The van der Waals surface area contributed by atoms with Gasteiger partial charge in [0.2, 0.25) is 0 Å². The zero-order chi connectivity index (χ0) is 14.8. The van der Waals surface area contributed by atoms with Crippen molar-refractivity contribution in [2.45, 2.75) is 0 Å². The number of rotatable bonds is 3. The van der Waals surface area contributed by atoms with E-state index < -0.39 is 0 Å². The van der Waals surface area contributed by atoms with Crippen molar-refractivity contribution in [1.82, 2.24) is 4.98 Å². The molecule has 106 valence electrons. The molecule has 0 aliphatic heterocycles. The van der Waals surface area contributed by atoms with Crippen molar-refractivity contribution in [2.24, 2.45) is 0 Å². The Labute approximate surface area is 123 Å². The monoisotopic (exact) mass is 279 g/mol. The number of methoxy groups -OCH3 is 1. The van der Waals surface area contributed by atoms with Crippen LogP contribution in [-0.4, -0.2) is 19.1 Å². The maximum Gasteiger partial charge on any atom is 0.141 e. The molecule has 0 radical (unpaired) electrons. The number of para-hydroxylation sites is 1. The van der Waals surface area contributed by atoms with E-state index in [0.29, 0.717) is 11.4 Å². The van der Waals surface area contributed by atoms with E-state index in [1.807, 2.05) is 55.7 Å². The first-order valence-electron chi connectivity index (χ1n) is 6.71. The average Bonchev–Trinajstić information content (AvgIpc) is 2.53. The number of pyridine rings is 1. The van der Waals surface area contributed by atoms with Crippen LogP contribution in [0.15, 0.2) is 54.7 Å². The van der Waals surface area contributed by atoms with Gasteiger partial charge in [-0.25, -0.2) is 0 Å². The number of nitrogens with two attached hydrogens (primary N) is 1. The topological polar surface area (TPSA) is 51.4 Å². The van der Waals surface area contributed by atoms with Crippen LogP contribution in [-0.2, 0) is 0 Å². The van der Waals surface area contributed by atoms with Crippen molar-refractivity contribution < 1.29 is 4.74 Å². The highest BCUT2D eigenvalue weighted by Crippen LogP contribution is 2.33. The molecule has 4 heteroatoms. The van der Waals surface area contributed by atoms with E-state index in [0.717, 1.165) is 22.3 Å². The smallest absolute Gasteiger partial charge is 0.141 e. The fourth-order valence-corrected chi connectivity index (χ4v) is 2.44. The van der Waals surface area contributed by atoms with E-state index in [-0.39, 0.29) is 0 Å². The lowest BCUT2D eigenvalue weighted by molar-refractivity contribution is 0.417. The summed E-state index contributed by atoms with van der Waals surface area (Å²) in [4.78, 5) is 6.49. The SMILES string of the molecule is COc1ccc(N(C)c2ccnc3ccccc23)cc1N. The molecule has 0 spiro atoms. The zero-order valence-electron chi connectivity index (χ0n) is 12.1. The highest BCUT2D eigenvalue weighted by Gasteiger charge is 2.10. The highest BCUT2D eigenvalue weighted by molar-refractivity contribution is 5.93. The van der Waals surface area contributed by atoms with Gasteiger partial charge in [-0.1, -0.05) is 18.2 Å². The van der Waals surface area contributed by atoms with Crippen LogP contribution in [0.4, 0.5) is 17.1 Å². The fraction of sp³-hybridized carbons (Fsp3) is 0.118. The number of anilines is 3. The van der Waals surface area contributed by atoms with Crippen LogP contribution in [0.1, 0.15) is 0 Å². The first kappa shape index (κ1) is 13.2. The number of nitrogens with zero attached hydrogens (tertiary/aromatic N) is 2. The average molecular weight is 279 g/mol. The van der Waals surface area contributed by atoms with Gasteiger partial charge in [0.25, 0.3) is 0 Å². The lowest BCUT2D eigenvalue weighted by Gasteiger charge is -2.22. The maximum atomic E-state index is 6.00. The van der Waals surface area contributed by atoms with Crippen LogP contribution < -0.4 is 15.4 Å². The van der Waals surface area contributed by atoms with Crippen molar-refractivity contribution in [3.63, 3.8) is 0 Å². The van der Waals surface area contributed by atoms with Gasteiger partial charge in [-0.05, 0) is 30.3 Å². The Bertz CT molecular complexity index is 781. The minimum absolute atomic E-state index is 0.625. The van der Waals surface area contributed by atoms with Gasteiger partial charge in [-0.2, -0.15) is 0 Å². The number of ether oxygens (including phenoxy) is 1. The molecule has 0 aliphatic rings. The van der Waals surface area contributed by atoms with E-state index in [2.05, 4.69) is 16.0 Å². The lowest BCUT2D eigenvalue weighted by atomic mass is 10.1. The summed E-state index contributed by atoms with van der Waals surface area (Å²) in [5, 5.41) is 1.11. The third-order valence-electron chi connectivity index (χ3n) is 3.59. The highest BCUT2D eigenvalue weighted by atomic mass is 16.5. The lowest BCUT2D eigenvalue weighted by Crippen LogP contribution is -2.10. The van der Waals surface area contributed by atoms with E-state index in [9.17, 15) is 0 Å². The van der Waals surface area contributed by atoms with Crippen LogP contribution in [0, 0.1) is 0 Å². The molecule has 2 aromatic carbocycles. The number of aromatic nitrogens is 1. The Hall–Kier alpha value is -2.75. The third kappa shape index (κ3) is 2.36. The summed E-state index contributed by atoms with van der Waals surface area (Å²) < 4.78 is 5.20. The summed E-state index contributed by atoms with van der Waals surface area (Å²) in [6.07, 6.45) is 1.82. The van der Waals surface area contributed by atoms with Gasteiger partial charge in [0, 0.05) is 24.3 Å². The second-order valence-corrected chi connectivity index (χ2v) is 4.83. The molecular weight excluding hydrogens is 262 g/mol. The van der Waals surface area contributed by atoms with Gasteiger partial charge in [0.1, 0.15) is 5.75 Å². The minimum Gasteiger partial charge on any atom is -0.495 e. The van der Waals surface area contributed by atoms with Crippen molar-refractivity contribution in [2.75, 3.05) is 24.8 Å². The van der Waals surface area contributed by atoms with Crippen LogP contribution >= 0.6 is 0 Å². The largest absolute Gasteiger partial charge is 0.495 e. The van der Waals surface area contributed by atoms with Gasteiger partial charge < -0.3 is 15.4 Å². The number of hydrogen-bond donors (Lipinski definition) is 1. The molecule has 1 heterocycles. The maximum absolute atomic E-state index is 6.00. The molecule has 4 nitrogen and oxygen atoms in total. The molecule has 0 fully saturated rings. The van der Waals surface area contributed by atoms with Crippen LogP contribution in [0.3, 0.4) is 0 Å². The Morgan fingerprint density at radius 2 is 1.90 bits per heavy atom. The predicted octanol–water partition coefficient (Wildman–Crippen LogP) is 3.59. The number of hydrogen-bond acceptors (Lipinski definition) is 4. The van der Waals surface area contributed by atoms with Gasteiger partial charge in [-0.3, -0.25) is 4.98 Å². The van der Waals surface area contributed by atoms with E-state index in [1.165, 1.54) is 0 Å². The Morgan fingerprint density at radius 3 is 2.67 bits per heavy atom. The Morgan fingerprint density at radius 1 is 1.10 bits per heavy atom. The molecule has 0 saturated heterocycles. The second-order valence-electron chi connectivity index (χ2n) is 4.83. The van der Waals surface area contributed by atoms with Gasteiger partial charge >= 0.3 is 0 Å². The quantitative estimate of drug-likeness (QED) is 0.744. The van der Waals surface area contributed by atoms with Crippen LogP contribution in [0.2, 0.25) is 0 Å². The van der Waals surface area contributed by atoms with E-state index >= 15 is 0 Å². The summed E-state index contributed by atoms with van der Waals surface area (Å²) >= 11 is 0. The van der Waals surface area contributed by atoms with E-state index in [1.54, 1.807) is 7.11 Å². The van der Waals surface area contributed by atoms with Gasteiger partial charge in [-0.15, -0.1) is 0 Å². The van der Waals surface area contributed by atoms with Gasteiger partial charge in [0.05, 0.1) is 24.0 Å². The Balaban J connectivity index is 2.08. The number of nitrogen functional groups attached to an aromatic ring is 1. The van der Waals surface area contributed by atoms with E-state index in [4.69, 9.17) is 10.5 Å². The molecule has 3 aromatic rings. The molecule has 3 rings (SSSR count). The van der Waals surface area contributed by atoms with Crippen LogP contribution in [0.25, 0.3) is 10.9 Å². The zero-order valence-corrected chi connectivity index (χ0v) is 12.1. The second kappa shape index (κ2) is 5.32. The summed E-state index contributed by atoms with van der Waals surface area (Å²) in [7, 11) is 3.63. The number of fused-ring (bicyclic) bond motifs is 1. The standard InChI is InChI=1S/C17H17N3O/c1-20(12-7-8-17(21-2)14(18)11-12)16-9-10-19-15-6-4-3-5-13(15)16/h3-11H,18H2,1-2H3. The third-order valence-corrected chi connectivity index (χ3v) is 3.59. The first-order valence-corrected chi connectivity index (χ1v) is 6.71. The molecule has 0 aliphatic carbocycles. The minimum atomic E-state index is 0.625. The first-order chi connectivity index (χ1) is 10.2. The van der Waals surface area contributed by atoms with Crippen molar-refractivity contribution >= 4 is 28.0 Å². The molecule has 0 amide bonds. The Kier molecular flexibility index (Phi) is 3.36. The summed E-state index contributed by atoms with van der Waals surface area (Å²) in [6.45, 7) is 0. The molecular formula is C17H17N3O. The van der Waals surface area contributed by atoms with Gasteiger partial charge in [0.15, 0.2) is 0 Å². The van der Waals surface area contributed by atoms with Crippen LogP contribution in [0.5, 0.6) is 5.75 Å². The predicted molar refractivity (Wildman–Crippen MR) is 87.2 cm³/mol. The van der Waals surface area contributed by atoms with Crippen molar-refractivity contribution in [3.8, 4) is 5.75 Å². The fourth-order valence-electron chi connectivity index (χ4n) is 2.44. The molecule has 0 atom stereocenters.